The minimum atomic E-state index is -1.10. The number of methoxy groups -OCH3 is 1. The van der Waals surface area contributed by atoms with Gasteiger partial charge in [0, 0.05) is 29.6 Å². The van der Waals surface area contributed by atoms with Gasteiger partial charge in [-0.15, -0.1) is 11.3 Å². The van der Waals surface area contributed by atoms with Gasteiger partial charge in [-0.25, -0.2) is 4.79 Å². The van der Waals surface area contributed by atoms with Crippen LogP contribution in [0.2, 0.25) is 0 Å². The van der Waals surface area contributed by atoms with Crippen LogP contribution < -0.4 is 26.4 Å². The first-order valence-corrected chi connectivity index (χ1v) is 12.4. The molecule has 1 aromatic carbocycles. The van der Waals surface area contributed by atoms with Crippen LogP contribution in [0.4, 0.5) is 10.5 Å². The summed E-state index contributed by atoms with van der Waals surface area (Å²) in [5.74, 6) is -1.19. The number of hydrogen-bond donors (Lipinski definition) is 4. The third-order valence-electron chi connectivity index (χ3n) is 5.95. The molecule has 11 nitrogen and oxygen atoms in total. The smallest absolute Gasteiger partial charge is 0.319 e. The molecule has 0 radical (unpaired) electrons. The number of ether oxygens (including phenoxy) is 1. The van der Waals surface area contributed by atoms with Crippen molar-refractivity contribution in [1.29, 1.82) is 0 Å². The number of nitrogens with two attached hydrogens (primary N) is 1. The summed E-state index contributed by atoms with van der Waals surface area (Å²) in [4.78, 5) is 53.7. The first kappa shape index (κ1) is 25.8. The molecule has 12 heteroatoms. The number of nitrogens with zero attached hydrogens (tertiary/aromatic N) is 1. The molecule has 3 aromatic rings. The van der Waals surface area contributed by atoms with Crippen LogP contribution in [0.25, 0.3) is 0 Å². The number of primary amides is 1. The Morgan fingerprint density at radius 3 is 2.70 bits per heavy atom. The molecule has 37 heavy (non-hydrogen) atoms. The molecule has 3 heterocycles. The molecule has 0 unspecified atom stereocenters. The Kier molecular flexibility index (Phi) is 8.08. The Morgan fingerprint density at radius 1 is 1.19 bits per heavy atom. The summed E-state index contributed by atoms with van der Waals surface area (Å²) in [6.45, 7) is 0.188. The molecule has 194 valence electrons. The standard InChI is InChI=1S/C25H27N5O6S/c1-35-16-6-2-5-15(13-16)27-25(34)29-18-9-10-30(24(33)20-8-3-11-36-20)21(18)23(32)28-19(22(26)31)14-17-7-4-12-37-17/h2-8,11-13,18-19,21H,9-10,14H2,1H3,(H2,26,31)(H,28,32)(H2,27,29,34)/t18-,19+,21-/m1/s1. The van der Waals surface area contributed by atoms with Crippen molar-refractivity contribution in [3.63, 3.8) is 0 Å². The van der Waals surface area contributed by atoms with Crippen molar-refractivity contribution < 1.29 is 28.3 Å². The van der Waals surface area contributed by atoms with Crippen molar-refractivity contribution in [2.75, 3.05) is 19.0 Å². The molecular weight excluding hydrogens is 498 g/mol. The highest BCUT2D eigenvalue weighted by molar-refractivity contribution is 7.09. The minimum Gasteiger partial charge on any atom is -0.497 e. The molecule has 0 aliphatic carbocycles. The molecule has 5 amide bonds. The van der Waals surface area contributed by atoms with Crippen molar-refractivity contribution in [3.05, 3.63) is 70.8 Å². The molecule has 0 saturated carbocycles. The van der Waals surface area contributed by atoms with Gasteiger partial charge in [-0.2, -0.15) is 0 Å². The van der Waals surface area contributed by atoms with E-state index in [0.717, 1.165) is 4.88 Å². The van der Waals surface area contributed by atoms with E-state index < -0.39 is 41.9 Å². The number of nitrogens with one attached hydrogen (secondary N) is 3. The van der Waals surface area contributed by atoms with E-state index in [4.69, 9.17) is 14.9 Å². The molecule has 0 bridgehead atoms. The van der Waals surface area contributed by atoms with E-state index in [0.29, 0.717) is 17.9 Å². The Bertz CT molecular complexity index is 1250. The minimum absolute atomic E-state index is 0.0596. The predicted molar refractivity (Wildman–Crippen MR) is 136 cm³/mol. The van der Waals surface area contributed by atoms with Crippen LogP contribution in [0, 0.1) is 0 Å². The van der Waals surface area contributed by atoms with Gasteiger partial charge < -0.3 is 35.7 Å². The number of amides is 5. The van der Waals surface area contributed by atoms with Crippen molar-refractivity contribution in [1.82, 2.24) is 15.5 Å². The molecule has 2 aromatic heterocycles. The molecule has 0 spiro atoms. The number of carbonyl (C=O) groups excluding carboxylic acids is 4. The average Bonchev–Trinajstić information content (AvgIpc) is 3.65. The second kappa shape index (κ2) is 11.6. The maximum atomic E-state index is 13.5. The van der Waals surface area contributed by atoms with Crippen molar-refractivity contribution in [3.8, 4) is 5.75 Å². The third-order valence-corrected chi connectivity index (χ3v) is 6.85. The normalized spacial score (nSPS) is 17.6. The molecule has 1 aliphatic rings. The predicted octanol–water partition coefficient (Wildman–Crippen LogP) is 1.97. The molecule has 3 atom stereocenters. The fourth-order valence-electron chi connectivity index (χ4n) is 4.18. The Balaban J connectivity index is 1.52. The summed E-state index contributed by atoms with van der Waals surface area (Å²) in [7, 11) is 1.52. The quantitative estimate of drug-likeness (QED) is 0.335. The van der Waals surface area contributed by atoms with Crippen LogP contribution >= 0.6 is 11.3 Å². The number of furan rings is 1. The zero-order valence-corrected chi connectivity index (χ0v) is 20.8. The Morgan fingerprint density at radius 2 is 2.03 bits per heavy atom. The number of rotatable bonds is 9. The first-order valence-electron chi connectivity index (χ1n) is 11.5. The zero-order chi connectivity index (χ0) is 26.4. The summed E-state index contributed by atoms with van der Waals surface area (Å²) in [6, 6.07) is 10.2. The van der Waals surface area contributed by atoms with Gasteiger partial charge in [-0.3, -0.25) is 14.4 Å². The van der Waals surface area contributed by atoms with Crippen LogP contribution in [0.1, 0.15) is 21.9 Å². The molecule has 5 N–H and O–H groups in total. The summed E-state index contributed by atoms with van der Waals surface area (Å²) in [5, 5.41) is 10.0. The SMILES string of the molecule is COc1cccc(NC(=O)N[C@@H]2CCN(C(=O)c3ccco3)[C@H]2C(=O)N[C@@H](Cc2cccs2)C(N)=O)c1. The zero-order valence-electron chi connectivity index (χ0n) is 20.0. The van der Waals surface area contributed by atoms with Crippen LogP contribution in [0.5, 0.6) is 5.75 Å². The van der Waals surface area contributed by atoms with E-state index >= 15 is 0 Å². The highest BCUT2D eigenvalue weighted by Crippen LogP contribution is 2.23. The highest BCUT2D eigenvalue weighted by Gasteiger charge is 2.44. The Hall–Kier alpha value is -4.32. The largest absolute Gasteiger partial charge is 0.497 e. The van der Waals surface area contributed by atoms with Crippen molar-refractivity contribution in [2.45, 2.75) is 31.0 Å². The van der Waals surface area contributed by atoms with E-state index in [1.54, 1.807) is 30.3 Å². The van der Waals surface area contributed by atoms with Crippen LogP contribution in [0.3, 0.4) is 0 Å². The topological polar surface area (TPSA) is 156 Å². The molecule has 1 aliphatic heterocycles. The maximum absolute atomic E-state index is 13.5. The van der Waals surface area contributed by atoms with E-state index in [-0.39, 0.29) is 18.7 Å². The maximum Gasteiger partial charge on any atom is 0.319 e. The van der Waals surface area contributed by atoms with Gasteiger partial charge in [0.15, 0.2) is 5.76 Å². The number of anilines is 1. The average molecular weight is 526 g/mol. The van der Waals surface area contributed by atoms with Crippen molar-refractivity contribution in [2.24, 2.45) is 5.73 Å². The lowest BCUT2D eigenvalue weighted by atomic mass is 10.1. The van der Waals surface area contributed by atoms with Gasteiger partial charge in [0.25, 0.3) is 5.91 Å². The number of benzene rings is 1. The second-order valence-corrected chi connectivity index (χ2v) is 9.43. The molecule has 1 fully saturated rings. The lowest BCUT2D eigenvalue weighted by Crippen LogP contribution is -2.58. The van der Waals surface area contributed by atoms with Crippen LogP contribution in [-0.2, 0) is 16.0 Å². The lowest BCUT2D eigenvalue weighted by Gasteiger charge is -2.28. The second-order valence-electron chi connectivity index (χ2n) is 8.39. The Labute approximate surface area is 216 Å². The molecule has 4 rings (SSSR count). The van der Waals surface area contributed by atoms with Crippen LogP contribution in [-0.4, -0.2) is 60.4 Å². The number of thiophene rings is 1. The van der Waals surface area contributed by atoms with Crippen molar-refractivity contribution >= 4 is 40.8 Å². The van der Waals surface area contributed by atoms with E-state index in [1.165, 1.54) is 35.7 Å². The fourth-order valence-corrected chi connectivity index (χ4v) is 4.94. The van der Waals surface area contributed by atoms with E-state index in [1.807, 2.05) is 17.5 Å². The first-order chi connectivity index (χ1) is 17.9. The van der Waals surface area contributed by atoms with Gasteiger partial charge in [-0.1, -0.05) is 12.1 Å². The third kappa shape index (κ3) is 6.28. The fraction of sp³-hybridized carbons (Fsp3) is 0.280. The summed E-state index contributed by atoms with van der Waals surface area (Å²) in [5.41, 5.74) is 6.05. The van der Waals surface area contributed by atoms with Gasteiger partial charge >= 0.3 is 6.03 Å². The number of carbonyl (C=O) groups is 4. The van der Waals surface area contributed by atoms with Gasteiger partial charge in [0.2, 0.25) is 11.8 Å². The lowest BCUT2D eigenvalue weighted by molar-refractivity contribution is -0.130. The number of likely N-dealkylation sites (tertiary alicyclic amines) is 1. The van der Waals surface area contributed by atoms with Gasteiger partial charge in [-0.05, 0) is 42.1 Å². The van der Waals surface area contributed by atoms with Crippen LogP contribution in [0.15, 0.2) is 64.6 Å². The summed E-state index contributed by atoms with van der Waals surface area (Å²) >= 11 is 1.43. The van der Waals surface area contributed by atoms with E-state index in [9.17, 15) is 19.2 Å². The molecular formula is C25H27N5O6S. The summed E-state index contributed by atoms with van der Waals surface area (Å²) in [6.07, 6.45) is 1.88. The van der Waals surface area contributed by atoms with E-state index in [2.05, 4.69) is 16.0 Å². The number of hydrogen-bond acceptors (Lipinski definition) is 7. The van der Waals surface area contributed by atoms with Gasteiger partial charge in [0.05, 0.1) is 19.4 Å². The number of urea groups is 1. The molecule has 1 saturated heterocycles. The van der Waals surface area contributed by atoms with Gasteiger partial charge in [0.1, 0.15) is 17.8 Å². The summed E-state index contributed by atoms with van der Waals surface area (Å²) < 4.78 is 10.4. The monoisotopic (exact) mass is 525 g/mol. The highest BCUT2D eigenvalue weighted by atomic mass is 32.1.